The van der Waals surface area contributed by atoms with E-state index in [4.69, 9.17) is 0 Å². The predicted molar refractivity (Wildman–Crippen MR) is 134 cm³/mol. The van der Waals surface area contributed by atoms with Gasteiger partial charge in [0, 0.05) is 24.1 Å². The first-order chi connectivity index (χ1) is 15.4. The van der Waals surface area contributed by atoms with Crippen molar-refractivity contribution in [3.63, 3.8) is 0 Å². The van der Waals surface area contributed by atoms with Gasteiger partial charge in [0.05, 0.1) is 15.2 Å². The summed E-state index contributed by atoms with van der Waals surface area (Å²) in [6.07, 6.45) is 4.10. The number of pyridine rings is 1. The van der Waals surface area contributed by atoms with Gasteiger partial charge in [0.1, 0.15) is 0 Å². The van der Waals surface area contributed by atoms with E-state index in [9.17, 15) is 16.8 Å². The zero-order valence-corrected chi connectivity index (χ0v) is 20.5. The van der Waals surface area contributed by atoms with E-state index in [1.54, 1.807) is 38.2 Å². The van der Waals surface area contributed by atoms with Crippen LogP contribution in [0.1, 0.15) is 19.4 Å². The average molecular weight is 480 g/mol. The molecule has 4 aromatic rings. The van der Waals surface area contributed by atoms with Gasteiger partial charge in [-0.05, 0) is 78.1 Å². The van der Waals surface area contributed by atoms with Crippen molar-refractivity contribution < 1.29 is 16.8 Å². The minimum Gasteiger partial charge on any atom is -0.256 e. The summed E-state index contributed by atoms with van der Waals surface area (Å²) in [7, 11) is -6.73. The van der Waals surface area contributed by atoms with Crippen molar-refractivity contribution >= 4 is 30.6 Å². The van der Waals surface area contributed by atoms with Gasteiger partial charge in [-0.3, -0.25) is 4.98 Å². The molecule has 0 saturated heterocycles. The maximum absolute atomic E-state index is 12.6. The lowest BCUT2D eigenvalue weighted by molar-refractivity contribution is 0.562. The summed E-state index contributed by atoms with van der Waals surface area (Å²) < 4.78 is 48.1. The van der Waals surface area contributed by atoms with E-state index in [0.29, 0.717) is 11.1 Å². The zero-order chi connectivity index (χ0) is 24.0. The first-order valence-electron chi connectivity index (χ1n) is 10.4. The molecular formula is C26H25NO4S2. The maximum atomic E-state index is 12.6. The molecule has 0 atom stereocenters. The molecule has 0 saturated carbocycles. The van der Waals surface area contributed by atoms with E-state index in [2.05, 4.69) is 4.98 Å². The number of rotatable bonds is 5. The molecule has 0 aliphatic carbocycles. The number of fused-ring (bicyclic) bond motifs is 1. The van der Waals surface area contributed by atoms with Crippen LogP contribution in [0.2, 0.25) is 0 Å². The summed E-state index contributed by atoms with van der Waals surface area (Å²) >= 11 is 0. The lowest BCUT2D eigenvalue weighted by atomic mass is 9.92. The highest BCUT2D eigenvalue weighted by Crippen LogP contribution is 2.37. The van der Waals surface area contributed by atoms with Crippen LogP contribution in [0, 0.1) is 0 Å². The van der Waals surface area contributed by atoms with Crippen LogP contribution in [0.5, 0.6) is 0 Å². The van der Waals surface area contributed by atoms with Crippen LogP contribution in [0.25, 0.3) is 33.2 Å². The van der Waals surface area contributed by atoms with Gasteiger partial charge in [-0.1, -0.05) is 36.4 Å². The number of aromatic nitrogens is 1. The molecule has 1 heterocycles. The highest BCUT2D eigenvalue weighted by molar-refractivity contribution is 7.91. The standard InChI is InChI=1S/C26H25NO4S2/c1-26(2,33(4,30)31)24-17-22(15-21-11-7-13-27-25(21)24)19-9-5-8-18(14-19)20-10-6-12-23(16-20)32(3,28)29/h5-17H,1-4H3. The molecule has 0 amide bonds. The van der Waals surface area contributed by atoms with Crippen LogP contribution >= 0.6 is 0 Å². The highest BCUT2D eigenvalue weighted by Gasteiger charge is 2.34. The summed E-state index contributed by atoms with van der Waals surface area (Å²) in [6, 6.07) is 22.3. The Morgan fingerprint density at radius 1 is 0.697 bits per heavy atom. The van der Waals surface area contributed by atoms with Gasteiger partial charge in [0.2, 0.25) is 0 Å². The minimum atomic E-state index is -3.41. The van der Waals surface area contributed by atoms with Crippen molar-refractivity contribution in [3.05, 3.63) is 84.6 Å². The Bertz CT molecular complexity index is 1590. The second kappa shape index (κ2) is 8.08. The molecule has 1 aromatic heterocycles. The van der Waals surface area contributed by atoms with Gasteiger partial charge in [0.25, 0.3) is 0 Å². The minimum absolute atomic E-state index is 0.263. The lowest BCUT2D eigenvalue weighted by Gasteiger charge is -2.25. The Hall–Kier alpha value is -3.03. The van der Waals surface area contributed by atoms with Crippen LogP contribution in [0.4, 0.5) is 0 Å². The smallest absolute Gasteiger partial charge is 0.175 e. The van der Waals surface area contributed by atoms with Crippen molar-refractivity contribution in [2.45, 2.75) is 23.5 Å². The van der Waals surface area contributed by atoms with Crippen LogP contribution in [0.3, 0.4) is 0 Å². The number of benzene rings is 3. The second-order valence-electron chi connectivity index (χ2n) is 8.76. The molecule has 0 spiro atoms. The predicted octanol–water partition coefficient (Wildman–Crippen LogP) is 5.25. The van der Waals surface area contributed by atoms with Gasteiger partial charge < -0.3 is 0 Å². The first-order valence-corrected chi connectivity index (χ1v) is 14.2. The largest absolute Gasteiger partial charge is 0.256 e. The van der Waals surface area contributed by atoms with Crippen molar-refractivity contribution in [2.24, 2.45) is 0 Å². The van der Waals surface area contributed by atoms with Crippen molar-refractivity contribution in [1.29, 1.82) is 0 Å². The zero-order valence-electron chi connectivity index (χ0n) is 18.9. The van der Waals surface area contributed by atoms with Crippen molar-refractivity contribution in [1.82, 2.24) is 4.98 Å². The van der Waals surface area contributed by atoms with E-state index < -0.39 is 24.4 Å². The Kier molecular flexibility index (Phi) is 5.66. The fourth-order valence-corrected chi connectivity index (χ4v) is 5.02. The van der Waals surface area contributed by atoms with E-state index in [1.165, 1.54) is 12.5 Å². The third-order valence-electron chi connectivity index (χ3n) is 6.07. The molecule has 4 rings (SSSR count). The van der Waals surface area contributed by atoms with E-state index in [0.717, 1.165) is 27.6 Å². The van der Waals surface area contributed by atoms with Gasteiger partial charge in [-0.2, -0.15) is 0 Å². The van der Waals surface area contributed by atoms with Gasteiger partial charge in [-0.15, -0.1) is 0 Å². The molecule has 0 fully saturated rings. The molecule has 170 valence electrons. The maximum Gasteiger partial charge on any atom is 0.175 e. The normalized spacial score (nSPS) is 12.7. The molecule has 0 unspecified atom stereocenters. The molecular weight excluding hydrogens is 454 g/mol. The van der Waals surface area contributed by atoms with Crippen molar-refractivity contribution in [3.8, 4) is 22.3 Å². The third-order valence-corrected chi connectivity index (χ3v) is 9.26. The van der Waals surface area contributed by atoms with E-state index in [1.807, 2.05) is 54.6 Å². The quantitative estimate of drug-likeness (QED) is 0.390. The monoisotopic (exact) mass is 479 g/mol. The SMILES string of the molecule is CC(C)(c1cc(-c2cccc(-c3cccc(S(C)(=O)=O)c3)c2)cc2cccnc12)S(C)(=O)=O. The van der Waals surface area contributed by atoms with Crippen LogP contribution in [-0.2, 0) is 24.4 Å². The number of hydrogen-bond acceptors (Lipinski definition) is 5. The lowest BCUT2D eigenvalue weighted by Crippen LogP contribution is -2.28. The van der Waals surface area contributed by atoms with Crippen LogP contribution < -0.4 is 0 Å². The third kappa shape index (κ3) is 4.43. The number of hydrogen-bond donors (Lipinski definition) is 0. The molecule has 0 aliphatic heterocycles. The summed E-state index contributed by atoms with van der Waals surface area (Å²) in [4.78, 5) is 4.74. The van der Waals surface area contributed by atoms with Crippen molar-refractivity contribution in [2.75, 3.05) is 12.5 Å². The Morgan fingerprint density at radius 2 is 1.30 bits per heavy atom. The van der Waals surface area contributed by atoms with Crippen LogP contribution in [0.15, 0.2) is 83.9 Å². The molecule has 33 heavy (non-hydrogen) atoms. The van der Waals surface area contributed by atoms with E-state index >= 15 is 0 Å². The summed E-state index contributed by atoms with van der Waals surface area (Å²) in [6.45, 7) is 3.39. The number of sulfone groups is 2. The highest BCUT2D eigenvalue weighted by atomic mass is 32.2. The van der Waals surface area contributed by atoms with Gasteiger partial charge in [0.15, 0.2) is 19.7 Å². The number of nitrogens with zero attached hydrogens (tertiary/aromatic N) is 1. The first kappa shape index (κ1) is 23.1. The Morgan fingerprint density at radius 3 is 1.94 bits per heavy atom. The van der Waals surface area contributed by atoms with Gasteiger partial charge in [-0.25, -0.2) is 16.8 Å². The molecule has 3 aromatic carbocycles. The summed E-state index contributed by atoms with van der Waals surface area (Å²) in [5.74, 6) is 0. The fraction of sp³-hybridized carbons (Fsp3) is 0.192. The van der Waals surface area contributed by atoms with Crippen LogP contribution in [-0.4, -0.2) is 34.3 Å². The molecule has 7 heteroatoms. The fourth-order valence-electron chi connectivity index (χ4n) is 3.80. The van der Waals surface area contributed by atoms with E-state index in [-0.39, 0.29) is 4.90 Å². The second-order valence-corrected chi connectivity index (χ2v) is 13.3. The van der Waals surface area contributed by atoms with Gasteiger partial charge >= 0.3 is 0 Å². The average Bonchev–Trinajstić information content (AvgIpc) is 2.77. The Balaban J connectivity index is 1.91. The Labute approximate surface area is 195 Å². The molecule has 0 bridgehead atoms. The summed E-state index contributed by atoms with van der Waals surface area (Å²) in [5, 5.41) is 0.853. The summed E-state index contributed by atoms with van der Waals surface area (Å²) in [5.41, 5.74) is 4.72. The molecule has 5 nitrogen and oxygen atoms in total. The topological polar surface area (TPSA) is 81.2 Å². The molecule has 0 N–H and O–H groups in total. The molecule has 0 aliphatic rings. The molecule has 0 radical (unpaired) electrons.